The minimum atomic E-state index is -0.786. The maximum atomic E-state index is 10.5. The molecule has 12 heavy (non-hydrogen) atoms. The van der Waals surface area contributed by atoms with Gasteiger partial charge in [-0.25, -0.2) is 0 Å². The fraction of sp³-hybridized carbons (Fsp3) is 0.444. The number of aliphatic carboxylic acids is 1. The lowest BCUT2D eigenvalue weighted by Gasteiger charge is -2.03. The molecule has 0 amide bonds. The van der Waals surface area contributed by atoms with Gasteiger partial charge in [0.25, 0.3) is 0 Å². The van der Waals surface area contributed by atoms with Crippen LogP contribution in [0.25, 0.3) is 0 Å². The quantitative estimate of drug-likeness (QED) is 0.749. The molecule has 0 aliphatic carbocycles. The first-order valence-electron chi connectivity index (χ1n) is 3.87. The summed E-state index contributed by atoms with van der Waals surface area (Å²) in [5.74, 6) is -0.398. The average molecular weight is 168 g/mol. The van der Waals surface area contributed by atoms with E-state index in [1.54, 1.807) is 13.2 Å². The standard InChI is InChI=1S/C9H12O3/c1-6-3-4-12-8(6)5-7(2)9(10)11/h3-4,7H,5H2,1-2H3,(H,10,11). The Bertz CT molecular complexity index is 275. The Balaban J connectivity index is 2.64. The van der Waals surface area contributed by atoms with Crippen LogP contribution in [0.15, 0.2) is 16.7 Å². The molecule has 0 spiro atoms. The molecule has 3 nitrogen and oxygen atoms in total. The molecule has 0 bridgehead atoms. The third-order valence-corrected chi connectivity index (χ3v) is 1.88. The lowest BCUT2D eigenvalue weighted by Crippen LogP contribution is -2.12. The predicted molar refractivity (Wildman–Crippen MR) is 43.9 cm³/mol. The first-order chi connectivity index (χ1) is 5.61. The van der Waals surface area contributed by atoms with Gasteiger partial charge in [-0.3, -0.25) is 4.79 Å². The summed E-state index contributed by atoms with van der Waals surface area (Å²) in [5.41, 5.74) is 1.02. The van der Waals surface area contributed by atoms with Crippen molar-refractivity contribution in [1.29, 1.82) is 0 Å². The molecule has 0 aliphatic rings. The maximum absolute atomic E-state index is 10.5. The molecule has 0 aromatic carbocycles. The van der Waals surface area contributed by atoms with Gasteiger partial charge in [-0.1, -0.05) is 6.92 Å². The monoisotopic (exact) mass is 168 g/mol. The van der Waals surface area contributed by atoms with Crippen molar-refractivity contribution in [2.45, 2.75) is 20.3 Å². The van der Waals surface area contributed by atoms with Gasteiger partial charge in [0, 0.05) is 6.42 Å². The molecule has 0 saturated heterocycles. The molecule has 0 fully saturated rings. The Kier molecular flexibility index (Phi) is 2.53. The smallest absolute Gasteiger partial charge is 0.306 e. The van der Waals surface area contributed by atoms with E-state index in [4.69, 9.17) is 9.52 Å². The number of hydrogen-bond donors (Lipinski definition) is 1. The van der Waals surface area contributed by atoms with Crippen molar-refractivity contribution in [1.82, 2.24) is 0 Å². The zero-order valence-electron chi connectivity index (χ0n) is 7.20. The topological polar surface area (TPSA) is 50.4 Å². The van der Waals surface area contributed by atoms with E-state index in [1.165, 1.54) is 0 Å². The summed E-state index contributed by atoms with van der Waals surface area (Å²) in [7, 11) is 0. The largest absolute Gasteiger partial charge is 0.481 e. The van der Waals surface area contributed by atoms with Crippen LogP contribution in [0.5, 0.6) is 0 Å². The van der Waals surface area contributed by atoms with Crippen LogP contribution >= 0.6 is 0 Å². The Labute approximate surface area is 71.0 Å². The second kappa shape index (κ2) is 3.43. The molecule has 1 N–H and O–H groups in total. The van der Waals surface area contributed by atoms with Gasteiger partial charge in [-0.2, -0.15) is 0 Å². The van der Waals surface area contributed by atoms with Crippen LogP contribution in [0.2, 0.25) is 0 Å². The molecule has 1 heterocycles. The van der Waals surface area contributed by atoms with E-state index >= 15 is 0 Å². The second-order valence-electron chi connectivity index (χ2n) is 2.97. The van der Waals surface area contributed by atoms with E-state index in [1.807, 2.05) is 13.0 Å². The highest BCUT2D eigenvalue weighted by molar-refractivity contribution is 5.69. The summed E-state index contributed by atoms with van der Waals surface area (Å²) in [6.45, 7) is 3.58. The van der Waals surface area contributed by atoms with Gasteiger partial charge in [-0.05, 0) is 18.6 Å². The van der Waals surface area contributed by atoms with Crippen LogP contribution in [-0.2, 0) is 11.2 Å². The van der Waals surface area contributed by atoms with Gasteiger partial charge in [0.2, 0.25) is 0 Å². The minimum absolute atomic E-state index is 0.380. The molecule has 1 aromatic heterocycles. The summed E-state index contributed by atoms with van der Waals surface area (Å²) >= 11 is 0. The number of carboxylic acids is 1. The van der Waals surface area contributed by atoms with Crippen LogP contribution in [0.1, 0.15) is 18.2 Å². The Morgan fingerprint density at radius 2 is 2.42 bits per heavy atom. The molecule has 3 heteroatoms. The lowest BCUT2D eigenvalue weighted by molar-refractivity contribution is -0.141. The Morgan fingerprint density at radius 3 is 2.83 bits per heavy atom. The highest BCUT2D eigenvalue weighted by atomic mass is 16.4. The van der Waals surface area contributed by atoms with Crippen molar-refractivity contribution < 1.29 is 14.3 Å². The second-order valence-corrected chi connectivity index (χ2v) is 2.97. The molecular weight excluding hydrogens is 156 g/mol. The van der Waals surface area contributed by atoms with Crippen molar-refractivity contribution in [3.05, 3.63) is 23.7 Å². The Hall–Kier alpha value is -1.25. The summed E-state index contributed by atoms with van der Waals surface area (Å²) in [6, 6.07) is 1.84. The van der Waals surface area contributed by atoms with E-state index in [2.05, 4.69) is 0 Å². The molecule has 0 radical (unpaired) electrons. The maximum Gasteiger partial charge on any atom is 0.306 e. The summed E-state index contributed by atoms with van der Waals surface area (Å²) < 4.78 is 5.12. The number of furan rings is 1. The van der Waals surface area contributed by atoms with Gasteiger partial charge in [-0.15, -0.1) is 0 Å². The normalized spacial score (nSPS) is 12.8. The van der Waals surface area contributed by atoms with Crippen molar-refractivity contribution in [2.75, 3.05) is 0 Å². The van der Waals surface area contributed by atoms with E-state index < -0.39 is 5.97 Å². The Morgan fingerprint density at radius 1 is 1.75 bits per heavy atom. The van der Waals surface area contributed by atoms with Gasteiger partial charge in [0.1, 0.15) is 5.76 Å². The number of hydrogen-bond acceptors (Lipinski definition) is 2. The van der Waals surface area contributed by atoms with E-state index in [0.29, 0.717) is 6.42 Å². The van der Waals surface area contributed by atoms with Gasteiger partial charge < -0.3 is 9.52 Å². The molecule has 1 atom stereocenters. The van der Waals surface area contributed by atoms with E-state index in [-0.39, 0.29) is 5.92 Å². The summed E-state index contributed by atoms with van der Waals surface area (Å²) in [4.78, 5) is 10.5. The zero-order chi connectivity index (χ0) is 9.14. The lowest BCUT2D eigenvalue weighted by atomic mass is 10.1. The molecule has 0 saturated carbocycles. The van der Waals surface area contributed by atoms with E-state index in [0.717, 1.165) is 11.3 Å². The minimum Gasteiger partial charge on any atom is -0.481 e. The van der Waals surface area contributed by atoms with Crippen LogP contribution in [0, 0.1) is 12.8 Å². The summed E-state index contributed by atoms with van der Waals surface area (Å²) in [6.07, 6.45) is 2.05. The van der Waals surface area contributed by atoms with Crippen molar-refractivity contribution in [3.63, 3.8) is 0 Å². The highest BCUT2D eigenvalue weighted by Crippen LogP contribution is 2.14. The third-order valence-electron chi connectivity index (χ3n) is 1.88. The highest BCUT2D eigenvalue weighted by Gasteiger charge is 2.14. The van der Waals surface area contributed by atoms with Crippen molar-refractivity contribution in [3.8, 4) is 0 Å². The predicted octanol–water partition coefficient (Wildman–Crippen LogP) is 1.85. The van der Waals surface area contributed by atoms with Gasteiger partial charge in [0.15, 0.2) is 0 Å². The molecule has 66 valence electrons. The summed E-state index contributed by atoms with van der Waals surface area (Å²) in [5, 5.41) is 8.63. The fourth-order valence-electron chi connectivity index (χ4n) is 0.979. The molecule has 1 unspecified atom stereocenters. The molecule has 1 aromatic rings. The number of rotatable bonds is 3. The first-order valence-corrected chi connectivity index (χ1v) is 3.87. The molecular formula is C9H12O3. The van der Waals surface area contributed by atoms with Crippen LogP contribution in [0.3, 0.4) is 0 Å². The SMILES string of the molecule is Cc1ccoc1CC(C)C(=O)O. The number of aryl methyl sites for hydroxylation is 1. The van der Waals surface area contributed by atoms with Crippen molar-refractivity contribution in [2.24, 2.45) is 5.92 Å². The van der Waals surface area contributed by atoms with E-state index in [9.17, 15) is 4.79 Å². The third kappa shape index (κ3) is 1.87. The first kappa shape index (κ1) is 8.84. The van der Waals surface area contributed by atoms with Gasteiger partial charge in [0.05, 0.1) is 12.2 Å². The average Bonchev–Trinajstić information content (AvgIpc) is 2.36. The molecule has 0 aliphatic heterocycles. The van der Waals surface area contributed by atoms with Crippen LogP contribution in [-0.4, -0.2) is 11.1 Å². The van der Waals surface area contributed by atoms with Crippen LogP contribution in [0.4, 0.5) is 0 Å². The fourth-order valence-corrected chi connectivity index (χ4v) is 0.979. The zero-order valence-corrected chi connectivity index (χ0v) is 7.20. The number of carbonyl (C=O) groups is 1. The van der Waals surface area contributed by atoms with Crippen LogP contribution < -0.4 is 0 Å². The van der Waals surface area contributed by atoms with Gasteiger partial charge >= 0.3 is 5.97 Å². The van der Waals surface area contributed by atoms with Crippen molar-refractivity contribution >= 4 is 5.97 Å². The molecule has 1 rings (SSSR count). The number of carboxylic acid groups (broad SMARTS) is 1.